The number of carbonyl (C=O) groups excluding carboxylic acids is 2. The van der Waals surface area contributed by atoms with Crippen LogP contribution in [0.3, 0.4) is 0 Å². The number of nitrogens with zero attached hydrogens (tertiary/aromatic N) is 1. The average Bonchev–Trinajstić information content (AvgIpc) is 2.76. The highest BCUT2D eigenvalue weighted by Gasteiger charge is 2.18. The SMILES string of the molecule is COC(=O)c1cccc(NC(=O)C(C)Sc2nc(C)c(Cc3ccccc3)c(=O)[nH]2)c1. The first-order valence-electron chi connectivity index (χ1n) is 9.67. The number of esters is 1. The summed E-state index contributed by atoms with van der Waals surface area (Å²) in [6.45, 7) is 3.51. The molecule has 0 radical (unpaired) electrons. The van der Waals surface area contributed by atoms with Gasteiger partial charge < -0.3 is 15.0 Å². The lowest BCUT2D eigenvalue weighted by Gasteiger charge is -2.13. The third-order valence-corrected chi connectivity index (χ3v) is 5.62. The van der Waals surface area contributed by atoms with E-state index in [4.69, 9.17) is 4.74 Å². The Bertz CT molecular complexity index is 1150. The molecule has 160 valence electrons. The predicted octanol–water partition coefficient (Wildman–Crippen LogP) is 3.58. The van der Waals surface area contributed by atoms with Gasteiger partial charge in [-0.1, -0.05) is 48.2 Å². The van der Waals surface area contributed by atoms with Crippen LogP contribution in [0.4, 0.5) is 5.69 Å². The van der Waals surface area contributed by atoms with Gasteiger partial charge in [-0.05, 0) is 37.6 Å². The zero-order chi connectivity index (χ0) is 22.4. The monoisotopic (exact) mass is 437 g/mol. The Morgan fingerprint density at radius 2 is 1.90 bits per heavy atom. The Morgan fingerprint density at radius 1 is 1.16 bits per heavy atom. The molecule has 0 aliphatic carbocycles. The van der Waals surface area contributed by atoms with Gasteiger partial charge in [-0.3, -0.25) is 9.59 Å². The van der Waals surface area contributed by atoms with Gasteiger partial charge in [0.05, 0.1) is 17.9 Å². The molecule has 1 atom stereocenters. The molecule has 0 bridgehead atoms. The number of aryl methyl sites for hydroxylation is 1. The number of thioether (sulfide) groups is 1. The number of anilines is 1. The van der Waals surface area contributed by atoms with Gasteiger partial charge in [-0.25, -0.2) is 9.78 Å². The predicted molar refractivity (Wildman–Crippen MR) is 121 cm³/mol. The van der Waals surface area contributed by atoms with E-state index in [0.29, 0.717) is 34.1 Å². The Balaban J connectivity index is 1.68. The fraction of sp³-hybridized carbons (Fsp3) is 0.217. The average molecular weight is 438 g/mol. The first kappa shape index (κ1) is 22.3. The number of aromatic nitrogens is 2. The molecule has 0 aliphatic rings. The molecule has 3 aromatic rings. The molecule has 2 N–H and O–H groups in total. The van der Waals surface area contributed by atoms with Crippen molar-refractivity contribution < 1.29 is 14.3 Å². The van der Waals surface area contributed by atoms with Crippen LogP contribution in [-0.4, -0.2) is 34.2 Å². The second-order valence-electron chi connectivity index (χ2n) is 6.92. The summed E-state index contributed by atoms with van der Waals surface area (Å²) in [5.74, 6) is -0.757. The Hall–Kier alpha value is -3.39. The van der Waals surface area contributed by atoms with Crippen LogP contribution in [0.5, 0.6) is 0 Å². The second-order valence-corrected chi connectivity index (χ2v) is 8.25. The number of ether oxygens (including phenoxy) is 1. The molecule has 1 aromatic heterocycles. The lowest BCUT2D eigenvalue weighted by molar-refractivity contribution is -0.115. The first-order chi connectivity index (χ1) is 14.9. The van der Waals surface area contributed by atoms with Crippen molar-refractivity contribution in [2.24, 2.45) is 0 Å². The molecular formula is C23H23N3O4S. The topological polar surface area (TPSA) is 101 Å². The molecule has 1 unspecified atom stereocenters. The van der Waals surface area contributed by atoms with E-state index in [1.165, 1.54) is 7.11 Å². The zero-order valence-corrected chi connectivity index (χ0v) is 18.3. The Kier molecular flexibility index (Phi) is 7.25. The molecule has 0 saturated carbocycles. The van der Waals surface area contributed by atoms with Crippen LogP contribution in [0.1, 0.15) is 34.1 Å². The minimum absolute atomic E-state index is 0.211. The summed E-state index contributed by atoms with van der Waals surface area (Å²) in [5.41, 5.74) is 2.88. The molecular weight excluding hydrogens is 414 g/mol. The summed E-state index contributed by atoms with van der Waals surface area (Å²) in [7, 11) is 1.30. The third kappa shape index (κ3) is 5.82. The quantitative estimate of drug-likeness (QED) is 0.333. The summed E-state index contributed by atoms with van der Waals surface area (Å²) < 4.78 is 4.69. The lowest BCUT2D eigenvalue weighted by Crippen LogP contribution is -2.24. The van der Waals surface area contributed by atoms with Gasteiger partial charge in [0.1, 0.15) is 0 Å². The molecule has 2 aromatic carbocycles. The van der Waals surface area contributed by atoms with E-state index in [2.05, 4.69) is 15.3 Å². The lowest BCUT2D eigenvalue weighted by atomic mass is 10.1. The largest absolute Gasteiger partial charge is 0.465 e. The number of aromatic amines is 1. The van der Waals surface area contributed by atoms with E-state index in [-0.39, 0.29) is 11.5 Å². The van der Waals surface area contributed by atoms with Crippen molar-refractivity contribution in [3.8, 4) is 0 Å². The Morgan fingerprint density at radius 3 is 2.58 bits per heavy atom. The standard InChI is InChI=1S/C23H23N3O4S/c1-14-19(12-16-8-5-4-6-9-16)21(28)26-23(24-14)31-15(2)20(27)25-18-11-7-10-17(13-18)22(29)30-3/h4-11,13,15H,12H2,1-3H3,(H,25,27)(H,24,26,28). The van der Waals surface area contributed by atoms with E-state index in [0.717, 1.165) is 17.3 Å². The number of rotatable bonds is 7. The van der Waals surface area contributed by atoms with E-state index >= 15 is 0 Å². The van der Waals surface area contributed by atoms with Crippen molar-refractivity contribution in [2.75, 3.05) is 12.4 Å². The number of hydrogen-bond acceptors (Lipinski definition) is 6. The van der Waals surface area contributed by atoms with Gasteiger partial charge >= 0.3 is 5.97 Å². The highest BCUT2D eigenvalue weighted by Crippen LogP contribution is 2.21. The highest BCUT2D eigenvalue weighted by atomic mass is 32.2. The smallest absolute Gasteiger partial charge is 0.337 e. The van der Waals surface area contributed by atoms with E-state index < -0.39 is 11.2 Å². The summed E-state index contributed by atoms with van der Waals surface area (Å²) in [6, 6.07) is 16.2. The van der Waals surface area contributed by atoms with Crippen molar-refractivity contribution >= 4 is 29.3 Å². The summed E-state index contributed by atoms with van der Waals surface area (Å²) in [4.78, 5) is 44.1. The van der Waals surface area contributed by atoms with E-state index in [1.807, 2.05) is 30.3 Å². The minimum atomic E-state index is -0.524. The van der Waals surface area contributed by atoms with Gasteiger partial charge in [0.2, 0.25) is 5.91 Å². The van der Waals surface area contributed by atoms with Crippen molar-refractivity contribution in [1.29, 1.82) is 0 Å². The Labute approximate surface area is 184 Å². The maximum atomic E-state index is 12.6. The van der Waals surface area contributed by atoms with Crippen molar-refractivity contribution in [3.63, 3.8) is 0 Å². The van der Waals surface area contributed by atoms with Crippen LogP contribution in [0.2, 0.25) is 0 Å². The van der Waals surface area contributed by atoms with Crippen LogP contribution < -0.4 is 10.9 Å². The molecule has 0 spiro atoms. The molecule has 1 amide bonds. The minimum Gasteiger partial charge on any atom is -0.465 e. The first-order valence-corrected chi connectivity index (χ1v) is 10.5. The molecule has 0 saturated heterocycles. The maximum Gasteiger partial charge on any atom is 0.337 e. The van der Waals surface area contributed by atoms with E-state index in [9.17, 15) is 14.4 Å². The number of benzene rings is 2. The van der Waals surface area contributed by atoms with Crippen LogP contribution >= 0.6 is 11.8 Å². The van der Waals surface area contributed by atoms with Gasteiger partial charge in [0, 0.05) is 23.4 Å². The molecule has 31 heavy (non-hydrogen) atoms. The van der Waals surface area contributed by atoms with Crippen molar-refractivity contribution in [3.05, 3.63) is 87.3 Å². The second kappa shape index (κ2) is 10.1. The highest BCUT2D eigenvalue weighted by molar-refractivity contribution is 8.00. The third-order valence-electron chi connectivity index (χ3n) is 4.63. The molecule has 1 heterocycles. The molecule has 8 heteroatoms. The zero-order valence-electron chi connectivity index (χ0n) is 17.5. The van der Waals surface area contributed by atoms with Gasteiger partial charge in [-0.15, -0.1) is 0 Å². The summed E-state index contributed by atoms with van der Waals surface area (Å²) >= 11 is 1.16. The van der Waals surface area contributed by atoms with Gasteiger partial charge in [-0.2, -0.15) is 0 Å². The summed E-state index contributed by atoms with van der Waals surface area (Å²) in [6.07, 6.45) is 0.493. The fourth-order valence-corrected chi connectivity index (χ4v) is 3.80. The normalized spacial score (nSPS) is 11.6. The van der Waals surface area contributed by atoms with Crippen LogP contribution in [0.25, 0.3) is 0 Å². The molecule has 3 rings (SSSR count). The molecule has 7 nitrogen and oxygen atoms in total. The van der Waals surface area contributed by atoms with Crippen molar-refractivity contribution in [1.82, 2.24) is 9.97 Å². The number of hydrogen-bond donors (Lipinski definition) is 2. The van der Waals surface area contributed by atoms with Crippen LogP contribution in [0, 0.1) is 6.92 Å². The van der Waals surface area contributed by atoms with Crippen molar-refractivity contribution in [2.45, 2.75) is 30.7 Å². The van der Waals surface area contributed by atoms with Crippen LogP contribution in [-0.2, 0) is 16.0 Å². The molecule has 0 aliphatic heterocycles. The number of amides is 1. The van der Waals surface area contributed by atoms with Crippen LogP contribution in [0.15, 0.2) is 64.5 Å². The fourth-order valence-electron chi connectivity index (χ4n) is 2.96. The van der Waals surface area contributed by atoms with E-state index in [1.54, 1.807) is 38.1 Å². The maximum absolute atomic E-state index is 12.6. The van der Waals surface area contributed by atoms with Gasteiger partial charge in [0.25, 0.3) is 5.56 Å². The van der Waals surface area contributed by atoms with Gasteiger partial charge in [0.15, 0.2) is 5.16 Å². The molecule has 0 fully saturated rings. The number of nitrogens with one attached hydrogen (secondary N) is 2. The number of H-pyrrole nitrogens is 1. The number of methoxy groups -OCH3 is 1. The summed E-state index contributed by atoms with van der Waals surface area (Å²) in [5, 5.41) is 2.62. The number of carbonyl (C=O) groups is 2.